The maximum atomic E-state index is 12.8. The molecular formula is C19H23FN2O. The molecule has 4 fully saturated rings. The van der Waals surface area contributed by atoms with Gasteiger partial charge < -0.3 is 0 Å². The first-order valence-electron chi connectivity index (χ1n) is 8.68. The van der Waals surface area contributed by atoms with Gasteiger partial charge >= 0.3 is 0 Å². The van der Waals surface area contributed by atoms with Crippen LogP contribution in [0.5, 0.6) is 0 Å². The number of benzene rings is 1. The van der Waals surface area contributed by atoms with E-state index in [0.29, 0.717) is 6.42 Å². The molecule has 1 aromatic carbocycles. The van der Waals surface area contributed by atoms with Gasteiger partial charge in [0, 0.05) is 6.42 Å². The second-order valence-corrected chi connectivity index (χ2v) is 7.94. The number of hydrogen-bond acceptors (Lipinski definition) is 2. The van der Waals surface area contributed by atoms with E-state index in [1.807, 2.05) is 0 Å². The smallest absolute Gasteiger partial charge is 0.240 e. The molecule has 1 aromatic rings. The summed E-state index contributed by atoms with van der Waals surface area (Å²) < 4.78 is 12.8. The minimum absolute atomic E-state index is 0.0188. The Morgan fingerprint density at radius 1 is 1.13 bits per heavy atom. The third-order valence-corrected chi connectivity index (χ3v) is 5.97. The number of nitrogens with one attached hydrogen (secondary N) is 1. The maximum absolute atomic E-state index is 12.8. The monoisotopic (exact) mass is 314 g/mol. The third kappa shape index (κ3) is 3.17. The second-order valence-electron chi connectivity index (χ2n) is 7.94. The summed E-state index contributed by atoms with van der Waals surface area (Å²) in [4.78, 5) is 12.3. The molecule has 0 spiro atoms. The number of hydrazone groups is 1. The predicted molar refractivity (Wildman–Crippen MR) is 87.4 cm³/mol. The van der Waals surface area contributed by atoms with Crippen molar-refractivity contribution in [3.05, 3.63) is 35.6 Å². The number of nitrogens with zero attached hydrogens (tertiary/aromatic N) is 1. The maximum Gasteiger partial charge on any atom is 0.240 e. The van der Waals surface area contributed by atoms with Crippen molar-refractivity contribution in [2.24, 2.45) is 28.3 Å². The molecule has 5 rings (SSSR count). The average molecular weight is 314 g/mol. The number of rotatable bonds is 4. The van der Waals surface area contributed by atoms with E-state index >= 15 is 0 Å². The highest BCUT2D eigenvalue weighted by Gasteiger charge is 2.51. The molecule has 0 radical (unpaired) electrons. The van der Waals surface area contributed by atoms with Crippen LogP contribution in [0.1, 0.15) is 50.5 Å². The molecule has 0 unspecified atom stereocenters. The Kier molecular flexibility index (Phi) is 3.70. The van der Waals surface area contributed by atoms with Crippen LogP contribution in [-0.2, 0) is 4.79 Å². The van der Waals surface area contributed by atoms with Crippen molar-refractivity contribution in [3.63, 3.8) is 0 Å². The molecule has 122 valence electrons. The van der Waals surface area contributed by atoms with Crippen molar-refractivity contribution in [1.82, 2.24) is 5.43 Å². The highest BCUT2D eigenvalue weighted by atomic mass is 19.1. The second kappa shape index (κ2) is 5.73. The van der Waals surface area contributed by atoms with E-state index in [0.717, 1.165) is 23.3 Å². The number of halogens is 1. The Bertz CT molecular complexity index is 587. The summed E-state index contributed by atoms with van der Waals surface area (Å²) in [6.07, 6.45) is 10.0. The Morgan fingerprint density at radius 3 is 2.26 bits per heavy atom. The van der Waals surface area contributed by atoms with Crippen LogP contribution >= 0.6 is 0 Å². The minimum Gasteiger partial charge on any atom is -0.273 e. The van der Waals surface area contributed by atoms with Crippen LogP contribution in [0, 0.1) is 29.0 Å². The summed E-state index contributed by atoms with van der Waals surface area (Å²) in [5.74, 6) is 2.32. The molecule has 4 aliphatic carbocycles. The van der Waals surface area contributed by atoms with E-state index in [4.69, 9.17) is 0 Å². The van der Waals surface area contributed by atoms with Gasteiger partial charge in [-0.3, -0.25) is 4.79 Å². The number of carbonyl (C=O) groups excluding carboxylic acids is 1. The molecule has 4 bridgehead atoms. The Balaban J connectivity index is 1.34. The van der Waals surface area contributed by atoms with Crippen LogP contribution in [0.3, 0.4) is 0 Å². The van der Waals surface area contributed by atoms with Gasteiger partial charge in [0.1, 0.15) is 5.82 Å². The van der Waals surface area contributed by atoms with Crippen molar-refractivity contribution < 1.29 is 9.18 Å². The first-order valence-corrected chi connectivity index (χ1v) is 8.68. The van der Waals surface area contributed by atoms with Gasteiger partial charge in [0.05, 0.1) is 6.21 Å². The topological polar surface area (TPSA) is 41.5 Å². The summed E-state index contributed by atoms with van der Waals surface area (Å²) in [7, 11) is 0. The first-order chi connectivity index (χ1) is 11.1. The number of amides is 1. The molecule has 0 heterocycles. The molecule has 0 aromatic heterocycles. The molecule has 0 atom stereocenters. The van der Waals surface area contributed by atoms with Crippen LogP contribution < -0.4 is 5.43 Å². The Labute approximate surface area is 136 Å². The first kappa shape index (κ1) is 14.9. The van der Waals surface area contributed by atoms with Gasteiger partial charge in [0.25, 0.3) is 0 Å². The molecule has 23 heavy (non-hydrogen) atoms. The highest BCUT2D eigenvalue weighted by molar-refractivity contribution is 5.82. The lowest BCUT2D eigenvalue weighted by atomic mass is 9.49. The average Bonchev–Trinajstić information content (AvgIpc) is 2.47. The molecule has 1 N–H and O–H groups in total. The van der Waals surface area contributed by atoms with Crippen LogP contribution in [0.4, 0.5) is 4.39 Å². The lowest BCUT2D eigenvalue weighted by Gasteiger charge is -2.56. The molecule has 0 saturated heterocycles. The lowest BCUT2D eigenvalue weighted by Crippen LogP contribution is -2.47. The largest absolute Gasteiger partial charge is 0.273 e. The number of carbonyl (C=O) groups is 1. The zero-order valence-corrected chi connectivity index (χ0v) is 13.3. The summed E-state index contributed by atoms with van der Waals surface area (Å²) in [6, 6.07) is 6.06. The van der Waals surface area contributed by atoms with Crippen molar-refractivity contribution >= 4 is 12.1 Å². The SMILES string of the molecule is O=C(CC12CC3CC(CC(C3)C1)C2)N/N=C/c1ccc(F)cc1. The summed E-state index contributed by atoms with van der Waals surface area (Å²) in [6.45, 7) is 0. The molecule has 4 heteroatoms. The summed E-state index contributed by atoms with van der Waals surface area (Å²) >= 11 is 0. The van der Waals surface area contributed by atoms with Gasteiger partial charge in [-0.1, -0.05) is 12.1 Å². The van der Waals surface area contributed by atoms with E-state index in [2.05, 4.69) is 10.5 Å². The van der Waals surface area contributed by atoms with Crippen molar-refractivity contribution in [1.29, 1.82) is 0 Å². The fourth-order valence-electron chi connectivity index (χ4n) is 5.61. The van der Waals surface area contributed by atoms with Gasteiger partial charge in [-0.25, -0.2) is 9.82 Å². The van der Waals surface area contributed by atoms with Crippen molar-refractivity contribution in [2.45, 2.75) is 44.9 Å². The summed E-state index contributed by atoms with van der Waals surface area (Å²) in [5.41, 5.74) is 3.68. The molecule has 3 nitrogen and oxygen atoms in total. The molecule has 0 aliphatic heterocycles. The standard InChI is InChI=1S/C19H23FN2O/c20-17-3-1-13(2-4-17)12-21-22-18(23)11-19-8-14-5-15(9-19)7-16(6-14)10-19/h1-4,12,14-16H,5-11H2,(H,22,23)/b21-12+. The Hall–Kier alpha value is -1.71. The zero-order chi connectivity index (χ0) is 15.9. The minimum atomic E-state index is -0.270. The normalized spacial score (nSPS) is 34.9. The third-order valence-electron chi connectivity index (χ3n) is 5.97. The van der Waals surface area contributed by atoms with E-state index in [1.165, 1.54) is 50.7 Å². The fourth-order valence-corrected chi connectivity index (χ4v) is 5.61. The van der Waals surface area contributed by atoms with Crippen LogP contribution in [0.15, 0.2) is 29.4 Å². The van der Waals surface area contributed by atoms with Gasteiger partial charge in [-0.15, -0.1) is 0 Å². The van der Waals surface area contributed by atoms with Gasteiger partial charge in [-0.2, -0.15) is 5.10 Å². The predicted octanol–water partition coefficient (Wildman–Crippen LogP) is 3.88. The van der Waals surface area contributed by atoms with Gasteiger partial charge in [-0.05, 0) is 79.4 Å². The summed E-state index contributed by atoms with van der Waals surface area (Å²) in [5, 5.41) is 4.02. The number of hydrogen-bond donors (Lipinski definition) is 1. The fraction of sp³-hybridized carbons (Fsp3) is 0.579. The molecule has 4 aliphatic rings. The van der Waals surface area contributed by atoms with Crippen molar-refractivity contribution in [3.8, 4) is 0 Å². The van der Waals surface area contributed by atoms with E-state index < -0.39 is 0 Å². The van der Waals surface area contributed by atoms with Crippen LogP contribution in [0.25, 0.3) is 0 Å². The quantitative estimate of drug-likeness (QED) is 0.665. The zero-order valence-electron chi connectivity index (χ0n) is 13.3. The van der Waals surface area contributed by atoms with E-state index in [9.17, 15) is 9.18 Å². The van der Waals surface area contributed by atoms with Crippen LogP contribution in [-0.4, -0.2) is 12.1 Å². The lowest BCUT2D eigenvalue weighted by molar-refractivity contribution is -0.129. The Morgan fingerprint density at radius 2 is 1.70 bits per heavy atom. The van der Waals surface area contributed by atoms with Crippen molar-refractivity contribution in [2.75, 3.05) is 0 Å². The van der Waals surface area contributed by atoms with Gasteiger partial charge in [0.2, 0.25) is 5.91 Å². The highest BCUT2D eigenvalue weighted by Crippen LogP contribution is 2.61. The molecule has 1 amide bonds. The van der Waals surface area contributed by atoms with E-state index in [1.54, 1.807) is 18.3 Å². The van der Waals surface area contributed by atoms with Gasteiger partial charge in [0.15, 0.2) is 0 Å². The van der Waals surface area contributed by atoms with Crippen LogP contribution in [0.2, 0.25) is 0 Å². The molecular weight excluding hydrogens is 291 g/mol. The molecule has 4 saturated carbocycles. The van der Waals surface area contributed by atoms with E-state index in [-0.39, 0.29) is 17.1 Å².